The Morgan fingerprint density at radius 1 is 0.463 bits per heavy atom. The summed E-state index contributed by atoms with van der Waals surface area (Å²) in [6, 6.07) is 0. The van der Waals surface area contributed by atoms with Crippen molar-refractivity contribution < 1.29 is 67.8 Å². The van der Waals surface area contributed by atoms with Gasteiger partial charge in [-0.15, -0.1) is 0 Å². The van der Waals surface area contributed by atoms with E-state index in [1.54, 1.807) is 64.8 Å². The summed E-state index contributed by atoms with van der Waals surface area (Å²) in [6.45, 7) is 1.75. The zero-order chi connectivity index (χ0) is 48.8. The maximum Gasteiger partial charge on any atom is 0.308 e. The lowest BCUT2D eigenvalue weighted by Gasteiger charge is -2.27. The number of nitrogens with one attached hydrogen (secondary N) is 2. The topological polar surface area (TPSA) is 241 Å². The first-order chi connectivity index (χ1) is 32.4. The lowest BCUT2D eigenvalue weighted by molar-refractivity contribution is -0.145. The fourth-order valence-corrected chi connectivity index (χ4v) is 20.8. The van der Waals surface area contributed by atoms with Gasteiger partial charge in [0.15, 0.2) is 8.53 Å². The number of Topliss-reactive ketones (excluding diaryl/α,β-unsaturated/α-hetero) is 2. The average molecular weight is 1060 g/mol. The summed E-state index contributed by atoms with van der Waals surface area (Å²) in [6.07, 6.45) is 19.7. The van der Waals surface area contributed by atoms with E-state index in [0.29, 0.717) is 58.3 Å². The Morgan fingerprint density at radius 3 is 1.55 bits per heavy atom. The first-order valence-corrected chi connectivity index (χ1v) is 30.6. The molecule has 0 aromatic carbocycles. The van der Waals surface area contributed by atoms with E-state index in [-0.39, 0.29) is 96.8 Å². The summed E-state index contributed by atoms with van der Waals surface area (Å²) in [7, 11) is 10.3. The molecule has 2 fully saturated rings. The Morgan fingerprint density at radius 2 is 0.985 bits per heavy atom. The summed E-state index contributed by atoms with van der Waals surface area (Å²) in [5.41, 5.74) is 0. The molecule has 2 aliphatic rings. The molecule has 2 rings (SSSR count). The van der Waals surface area contributed by atoms with Crippen molar-refractivity contribution in [2.75, 3.05) is 65.9 Å². The van der Waals surface area contributed by atoms with Gasteiger partial charge in [0.05, 0.1) is 49.5 Å². The van der Waals surface area contributed by atoms with Crippen molar-refractivity contribution in [3.63, 3.8) is 0 Å². The maximum absolute atomic E-state index is 12.4. The number of hydrogen-bond acceptors (Lipinski definition) is 17. The predicted octanol–water partition coefficient (Wildman–Crippen LogP) is 9.38. The Hall–Kier alpha value is -1.37. The monoisotopic (exact) mass is 1060 g/mol. The van der Waals surface area contributed by atoms with E-state index in [2.05, 4.69) is 10.6 Å². The van der Waals surface area contributed by atoms with Crippen LogP contribution in [0.2, 0.25) is 0 Å². The lowest BCUT2D eigenvalue weighted by Crippen LogP contribution is -2.31. The summed E-state index contributed by atoms with van der Waals surface area (Å²) in [4.78, 5) is 83.0. The van der Waals surface area contributed by atoms with Crippen LogP contribution in [-0.4, -0.2) is 130 Å². The van der Waals surface area contributed by atoms with Crippen LogP contribution in [0.1, 0.15) is 154 Å². The van der Waals surface area contributed by atoms with Crippen LogP contribution in [0, 0.1) is 11.8 Å². The van der Waals surface area contributed by atoms with E-state index in [1.165, 1.54) is 57.8 Å². The summed E-state index contributed by atoms with van der Waals surface area (Å²) in [5, 5.41) is 33.4. The van der Waals surface area contributed by atoms with Crippen molar-refractivity contribution >= 4 is 106 Å². The molecule has 2 saturated heterocycles. The van der Waals surface area contributed by atoms with Crippen LogP contribution < -0.4 is 10.6 Å². The fraction of sp³-hybridized carbons (Fsp3) is 0.844. The smallest absolute Gasteiger partial charge is 0.308 e. The van der Waals surface area contributed by atoms with Crippen molar-refractivity contribution in [3.8, 4) is 0 Å². The van der Waals surface area contributed by atoms with Crippen molar-refractivity contribution in [3.05, 3.63) is 0 Å². The molecule has 2 aliphatic heterocycles. The minimum absolute atomic E-state index is 0.00191. The van der Waals surface area contributed by atoms with E-state index in [9.17, 15) is 43.8 Å². The number of hydrogen-bond donors (Lipinski definition) is 5. The Balaban J connectivity index is 1.31. The SMILES string of the molecule is O=C(O)CCCCCCCCCCCCCCCCC(=O)CCCOCCOCC(=O)NCCOCCOCC(=O)C[C@@H](CCC(=O)NCCCC[C@@H](C(=O)O)C1SSC2(SS1)SS2)C(=O)O. The molecule has 386 valence electrons. The van der Waals surface area contributed by atoms with Gasteiger partial charge < -0.3 is 44.9 Å². The van der Waals surface area contributed by atoms with E-state index >= 15 is 0 Å². The third kappa shape index (κ3) is 34.6. The number of rotatable bonds is 47. The molecule has 67 heavy (non-hydrogen) atoms. The fourth-order valence-electron chi connectivity index (χ4n) is 6.92. The van der Waals surface area contributed by atoms with Gasteiger partial charge in [0.2, 0.25) is 11.8 Å². The second kappa shape index (κ2) is 40.2. The maximum atomic E-state index is 12.4. The highest BCUT2D eigenvalue weighted by Gasteiger charge is 2.53. The summed E-state index contributed by atoms with van der Waals surface area (Å²) < 4.78 is 21.7. The Kier molecular flexibility index (Phi) is 37.1. The number of carboxylic acid groups (broad SMARTS) is 3. The van der Waals surface area contributed by atoms with Crippen molar-refractivity contribution in [1.29, 1.82) is 0 Å². The van der Waals surface area contributed by atoms with Gasteiger partial charge in [0, 0.05) is 51.8 Å². The number of aliphatic carboxylic acids is 3. The summed E-state index contributed by atoms with van der Waals surface area (Å²) >= 11 is 0. The van der Waals surface area contributed by atoms with Crippen LogP contribution in [-0.2, 0) is 52.5 Å². The van der Waals surface area contributed by atoms with Crippen molar-refractivity contribution in [2.45, 2.75) is 161 Å². The quantitative estimate of drug-likeness (QED) is 0.0217. The van der Waals surface area contributed by atoms with E-state index in [1.807, 2.05) is 0 Å². The van der Waals surface area contributed by atoms with E-state index < -0.39 is 35.5 Å². The molecule has 0 aromatic heterocycles. The number of unbranched alkanes of at least 4 members (excludes halogenated alkanes) is 14. The highest BCUT2D eigenvalue weighted by Crippen LogP contribution is 2.84. The largest absolute Gasteiger partial charge is 0.481 e. The second-order valence-corrected chi connectivity index (χ2v) is 26.2. The zero-order valence-corrected chi connectivity index (χ0v) is 44.0. The third-order valence-corrected chi connectivity index (χ3v) is 24.7. The number of amides is 2. The van der Waals surface area contributed by atoms with Gasteiger partial charge in [0.25, 0.3) is 0 Å². The Labute approximate surface area is 421 Å². The van der Waals surface area contributed by atoms with Crippen LogP contribution in [0.25, 0.3) is 0 Å². The first kappa shape index (κ1) is 61.7. The molecule has 5 N–H and O–H groups in total. The van der Waals surface area contributed by atoms with Gasteiger partial charge in [-0.05, 0) is 60.1 Å². The van der Waals surface area contributed by atoms with Crippen molar-refractivity contribution in [2.24, 2.45) is 11.8 Å². The predicted molar refractivity (Wildman–Crippen MR) is 272 cm³/mol. The van der Waals surface area contributed by atoms with Gasteiger partial charge >= 0.3 is 17.9 Å². The summed E-state index contributed by atoms with van der Waals surface area (Å²) in [5.74, 6) is -4.92. The molecule has 0 radical (unpaired) electrons. The number of ether oxygens (including phenoxy) is 4. The molecule has 2 atom stereocenters. The van der Waals surface area contributed by atoms with Crippen LogP contribution >= 0.6 is 64.8 Å². The number of ketones is 2. The van der Waals surface area contributed by atoms with Gasteiger partial charge in [-0.1, -0.05) is 127 Å². The molecule has 0 unspecified atom stereocenters. The van der Waals surface area contributed by atoms with Crippen molar-refractivity contribution in [1.82, 2.24) is 10.6 Å². The number of carboxylic acids is 3. The van der Waals surface area contributed by atoms with Crippen LogP contribution in [0.15, 0.2) is 0 Å². The molecule has 16 nitrogen and oxygen atoms in total. The van der Waals surface area contributed by atoms with Gasteiger partial charge in [-0.25, -0.2) is 0 Å². The van der Waals surface area contributed by atoms with Gasteiger partial charge in [-0.3, -0.25) is 33.6 Å². The molecule has 2 heterocycles. The molecular formula is C45H76N2O14S6. The highest BCUT2D eigenvalue weighted by molar-refractivity contribution is 9.14. The first-order valence-electron chi connectivity index (χ1n) is 24.0. The molecule has 22 heteroatoms. The Bertz CT molecular complexity index is 1420. The minimum Gasteiger partial charge on any atom is -0.481 e. The minimum atomic E-state index is -1.16. The normalized spacial score (nSPS) is 15.2. The zero-order valence-electron chi connectivity index (χ0n) is 39.1. The molecule has 0 saturated carbocycles. The molecular weight excluding hydrogens is 985 g/mol. The molecule has 1 spiro atoms. The van der Waals surface area contributed by atoms with E-state index in [4.69, 9.17) is 24.1 Å². The molecule has 0 aliphatic carbocycles. The van der Waals surface area contributed by atoms with Crippen LogP contribution in [0.4, 0.5) is 0 Å². The molecule has 2 amide bonds. The molecule has 0 aromatic rings. The third-order valence-electron chi connectivity index (χ3n) is 10.8. The number of carbonyl (C=O) groups excluding carboxylic acids is 4. The van der Waals surface area contributed by atoms with Crippen LogP contribution in [0.3, 0.4) is 0 Å². The lowest BCUT2D eigenvalue weighted by atomic mass is 9.97. The number of carbonyl (C=O) groups is 7. The van der Waals surface area contributed by atoms with E-state index in [0.717, 1.165) is 32.1 Å². The molecule has 0 bridgehead atoms. The van der Waals surface area contributed by atoms with Gasteiger partial charge in [0.1, 0.15) is 19.0 Å². The van der Waals surface area contributed by atoms with Crippen LogP contribution in [0.5, 0.6) is 0 Å². The van der Waals surface area contributed by atoms with Gasteiger partial charge in [-0.2, -0.15) is 0 Å². The second-order valence-electron chi connectivity index (χ2n) is 16.7. The standard InChI is InChI=1S/C45H76N2O14S6/c48-36(18-13-11-9-7-5-3-1-2-4-6-8-10-12-14-21-41(52)53)19-17-26-58-28-31-61-34-40(51)47-25-27-59-29-30-60-33-37(49)32-35(42(54)55)22-23-39(50)46-24-16-15-20-38(43(56)57)44-62-64-45(65-63-44)66-67-45/h35,38,44H,1-34H2,(H,46,50)(H,47,51)(H,52,53)(H,54,55)(H,56,57)/t35-,38+/m1/s1. The highest BCUT2D eigenvalue weighted by atomic mass is 33.2. The average Bonchev–Trinajstić information content (AvgIpc) is 4.06.